The second-order valence-corrected chi connectivity index (χ2v) is 4.75. The summed E-state index contributed by atoms with van der Waals surface area (Å²) in [6.45, 7) is 3.71. The molecule has 20 heavy (non-hydrogen) atoms. The number of esters is 1. The molecule has 0 spiro atoms. The Kier molecular flexibility index (Phi) is 5.98. The zero-order valence-electron chi connectivity index (χ0n) is 11.2. The average molecular weight is 300 g/mol. The van der Waals surface area contributed by atoms with Crippen molar-refractivity contribution in [1.82, 2.24) is 5.32 Å². The molecule has 0 saturated carbocycles. The van der Waals surface area contributed by atoms with Crippen LogP contribution in [-0.2, 0) is 9.53 Å². The SMILES string of the molecule is CCOC(=O)c1c(C)csc1NC(=O)NCCC(=O)O. The zero-order valence-corrected chi connectivity index (χ0v) is 12.0. The maximum absolute atomic E-state index is 11.8. The minimum atomic E-state index is -0.996. The van der Waals surface area contributed by atoms with Crippen LogP contribution in [0.4, 0.5) is 9.80 Å². The summed E-state index contributed by atoms with van der Waals surface area (Å²) in [5, 5.41) is 15.5. The maximum atomic E-state index is 11.8. The van der Waals surface area contributed by atoms with Gasteiger partial charge >= 0.3 is 18.0 Å². The van der Waals surface area contributed by atoms with E-state index in [1.54, 1.807) is 19.2 Å². The van der Waals surface area contributed by atoms with Gasteiger partial charge < -0.3 is 15.2 Å². The van der Waals surface area contributed by atoms with Crippen molar-refractivity contribution in [2.45, 2.75) is 20.3 Å². The van der Waals surface area contributed by atoms with E-state index in [1.165, 1.54) is 11.3 Å². The summed E-state index contributed by atoms with van der Waals surface area (Å²) in [5.74, 6) is -1.49. The standard InChI is InChI=1S/C12H16N2O5S/c1-3-19-11(17)9-7(2)6-20-10(9)14-12(18)13-5-4-8(15)16/h6H,3-5H2,1-2H3,(H,15,16)(H2,13,14,18). The molecule has 1 aromatic rings. The van der Waals surface area contributed by atoms with Gasteiger partial charge in [-0.1, -0.05) is 0 Å². The van der Waals surface area contributed by atoms with Crippen LogP contribution in [0.25, 0.3) is 0 Å². The smallest absolute Gasteiger partial charge is 0.341 e. The minimum Gasteiger partial charge on any atom is -0.481 e. The first kappa shape index (κ1) is 16.0. The van der Waals surface area contributed by atoms with Gasteiger partial charge in [0.05, 0.1) is 18.6 Å². The van der Waals surface area contributed by atoms with E-state index < -0.39 is 18.0 Å². The zero-order chi connectivity index (χ0) is 15.1. The summed E-state index contributed by atoms with van der Waals surface area (Å²) in [5.41, 5.74) is 1.04. The first-order valence-corrected chi connectivity index (χ1v) is 6.85. The van der Waals surface area contributed by atoms with E-state index in [9.17, 15) is 14.4 Å². The molecule has 1 rings (SSSR count). The van der Waals surface area contributed by atoms with Gasteiger partial charge in [0.25, 0.3) is 0 Å². The normalized spacial score (nSPS) is 9.90. The number of nitrogens with one attached hydrogen (secondary N) is 2. The summed E-state index contributed by atoms with van der Waals surface area (Å²) < 4.78 is 4.92. The lowest BCUT2D eigenvalue weighted by atomic mass is 10.2. The van der Waals surface area contributed by atoms with Crippen LogP contribution in [-0.4, -0.2) is 36.2 Å². The number of ether oxygens (including phenoxy) is 1. The molecule has 8 heteroatoms. The Morgan fingerprint density at radius 1 is 1.40 bits per heavy atom. The third-order valence-electron chi connectivity index (χ3n) is 2.31. The van der Waals surface area contributed by atoms with Crippen molar-refractivity contribution >= 4 is 34.3 Å². The molecule has 110 valence electrons. The van der Waals surface area contributed by atoms with Crippen molar-refractivity contribution in [3.8, 4) is 0 Å². The van der Waals surface area contributed by atoms with Crippen LogP contribution in [0.15, 0.2) is 5.38 Å². The third-order valence-corrected chi connectivity index (χ3v) is 3.32. The van der Waals surface area contributed by atoms with Gasteiger partial charge in [-0.3, -0.25) is 10.1 Å². The van der Waals surface area contributed by atoms with E-state index >= 15 is 0 Å². The highest BCUT2D eigenvalue weighted by Crippen LogP contribution is 2.28. The lowest BCUT2D eigenvalue weighted by Gasteiger charge is -2.08. The molecule has 0 aromatic carbocycles. The van der Waals surface area contributed by atoms with E-state index in [4.69, 9.17) is 9.84 Å². The fourth-order valence-electron chi connectivity index (χ4n) is 1.42. The molecular weight excluding hydrogens is 284 g/mol. The first-order valence-electron chi connectivity index (χ1n) is 5.97. The van der Waals surface area contributed by atoms with Gasteiger partial charge in [0, 0.05) is 6.54 Å². The number of rotatable bonds is 6. The van der Waals surface area contributed by atoms with E-state index in [1.807, 2.05) is 0 Å². The number of amides is 2. The Bertz CT molecular complexity index is 512. The molecule has 0 aliphatic heterocycles. The number of aliphatic carboxylic acids is 1. The second-order valence-electron chi connectivity index (χ2n) is 3.87. The molecule has 0 fully saturated rings. The molecule has 3 N–H and O–H groups in total. The quantitative estimate of drug-likeness (QED) is 0.695. The molecular formula is C12H16N2O5S. The Morgan fingerprint density at radius 3 is 2.70 bits per heavy atom. The number of aryl methyl sites for hydroxylation is 1. The lowest BCUT2D eigenvalue weighted by molar-refractivity contribution is -0.136. The number of carbonyl (C=O) groups is 3. The molecule has 0 saturated heterocycles. The topological polar surface area (TPSA) is 105 Å². The number of hydrogen-bond donors (Lipinski definition) is 3. The van der Waals surface area contributed by atoms with Crippen molar-refractivity contribution < 1.29 is 24.2 Å². The van der Waals surface area contributed by atoms with E-state index in [0.717, 1.165) is 0 Å². The molecule has 1 heterocycles. The monoisotopic (exact) mass is 300 g/mol. The van der Waals surface area contributed by atoms with Crippen molar-refractivity contribution in [3.63, 3.8) is 0 Å². The van der Waals surface area contributed by atoms with Crippen LogP contribution < -0.4 is 10.6 Å². The molecule has 0 aliphatic rings. The van der Waals surface area contributed by atoms with Gasteiger partial charge in [0.2, 0.25) is 0 Å². The molecule has 0 unspecified atom stereocenters. The molecule has 0 aliphatic carbocycles. The number of carboxylic acids is 1. The number of thiophene rings is 1. The molecule has 1 aromatic heterocycles. The van der Waals surface area contributed by atoms with Crippen LogP contribution >= 0.6 is 11.3 Å². The van der Waals surface area contributed by atoms with Gasteiger partial charge in [-0.2, -0.15) is 0 Å². The van der Waals surface area contributed by atoms with Gasteiger partial charge in [0.1, 0.15) is 5.00 Å². The van der Waals surface area contributed by atoms with Crippen LogP contribution in [0.1, 0.15) is 29.3 Å². The first-order chi connectivity index (χ1) is 9.45. The molecule has 2 amide bonds. The maximum Gasteiger partial charge on any atom is 0.341 e. The Labute approximate surface area is 119 Å². The lowest BCUT2D eigenvalue weighted by Crippen LogP contribution is -2.30. The third kappa shape index (κ3) is 4.54. The Balaban J connectivity index is 2.66. The Morgan fingerprint density at radius 2 is 2.10 bits per heavy atom. The van der Waals surface area contributed by atoms with Gasteiger partial charge in [-0.05, 0) is 24.8 Å². The fourth-order valence-corrected chi connectivity index (χ4v) is 2.35. The minimum absolute atomic E-state index is 0.0142. The summed E-state index contributed by atoms with van der Waals surface area (Å²) in [7, 11) is 0. The Hall–Kier alpha value is -2.09. The molecule has 0 bridgehead atoms. The number of hydrogen-bond acceptors (Lipinski definition) is 5. The highest BCUT2D eigenvalue weighted by molar-refractivity contribution is 7.15. The van der Waals surface area contributed by atoms with Gasteiger partial charge in [-0.25, -0.2) is 9.59 Å². The molecule has 0 radical (unpaired) electrons. The van der Waals surface area contributed by atoms with Crippen molar-refractivity contribution in [2.75, 3.05) is 18.5 Å². The van der Waals surface area contributed by atoms with Crippen molar-refractivity contribution in [1.29, 1.82) is 0 Å². The second kappa shape index (κ2) is 7.49. The largest absolute Gasteiger partial charge is 0.481 e. The number of carboxylic acid groups (broad SMARTS) is 1. The van der Waals surface area contributed by atoms with E-state index in [0.29, 0.717) is 16.1 Å². The molecule has 0 atom stereocenters. The molecule has 7 nitrogen and oxygen atoms in total. The van der Waals surface area contributed by atoms with E-state index in [2.05, 4.69) is 10.6 Å². The van der Waals surface area contributed by atoms with Gasteiger partial charge in [-0.15, -0.1) is 11.3 Å². The highest BCUT2D eigenvalue weighted by Gasteiger charge is 2.19. The predicted octanol–water partition coefficient (Wildman–Crippen LogP) is 1.83. The van der Waals surface area contributed by atoms with Crippen LogP contribution in [0.5, 0.6) is 0 Å². The summed E-state index contributed by atoms with van der Waals surface area (Å²) >= 11 is 1.21. The summed E-state index contributed by atoms with van der Waals surface area (Å²) in [6.07, 6.45) is -0.165. The number of urea groups is 1. The van der Waals surface area contributed by atoms with Crippen molar-refractivity contribution in [3.05, 3.63) is 16.5 Å². The number of anilines is 1. The van der Waals surface area contributed by atoms with E-state index in [-0.39, 0.29) is 19.6 Å². The average Bonchev–Trinajstić information content (AvgIpc) is 2.70. The number of carbonyl (C=O) groups excluding carboxylic acids is 2. The highest BCUT2D eigenvalue weighted by atomic mass is 32.1. The van der Waals surface area contributed by atoms with Crippen LogP contribution in [0, 0.1) is 6.92 Å². The summed E-state index contributed by atoms with van der Waals surface area (Å²) in [6, 6.07) is -0.557. The van der Waals surface area contributed by atoms with Crippen LogP contribution in [0.2, 0.25) is 0 Å². The fraction of sp³-hybridized carbons (Fsp3) is 0.417. The van der Waals surface area contributed by atoms with Crippen molar-refractivity contribution in [2.24, 2.45) is 0 Å². The van der Waals surface area contributed by atoms with Crippen LogP contribution in [0.3, 0.4) is 0 Å². The summed E-state index contributed by atoms with van der Waals surface area (Å²) in [4.78, 5) is 33.7. The predicted molar refractivity (Wildman–Crippen MR) is 74.3 cm³/mol. The van der Waals surface area contributed by atoms with Gasteiger partial charge in [0.15, 0.2) is 0 Å².